The molecule has 62 valence electrons. The Balaban J connectivity index is 2.12. The molecule has 0 N–H and O–H groups in total. The molecular weight excluding hydrogens is 134 g/mol. The third-order valence-corrected chi connectivity index (χ3v) is 3.28. The lowest BCUT2D eigenvalue weighted by Gasteiger charge is -2.44. The summed E-state index contributed by atoms with van der Waals surface area (Å²) in [5.41, 5.74) is 1.48. The molecule has 0 saturated carbocycles. The van der Waals surface area contributed by atoms with Gasteiger partial charge in [-0.25, -0.2) is 0 Å². The summed E-state index contributed by atoms with van der Waals surface area (Å²) in [6.45, 7) is 4.10. The molecule has 2 unspecified atom stereocenters. The van der Waals surface area contributed by atoms with Gasteiger partial charge in [0.1, 0.15) is 0 Å². The molecule has 2 saturated heterocycles. The lowest BCUT2D eigenvalue weighted by atomic mass is 9.83. The second-order valence-electron chi connectivity index (χ2n) is 4.06. The average molecular weight is 151 g/mol. The SMILES string of the molecule is C=C1CC2CCCC(C1)N2C. The Morgan fingerprint density at radius 2 is 1.82 bits per heavy atom. The summed E-state index contributed by atoms with van der Waals surface area (Å²) in [5.74, 6) is 0. The molecule has 1 heteroatoms. The van der Waals surface area contributed by atoms with Gasteiger partial charge >= 0.3 is 0 Å². The van der Waals surface area contributed by atoms with Gasteiger partial charge < -0.3 is 0 Å². The predicted molar refractivity (Wildman–Crippen MR) is 47.6 cm³/mol. The number of piperidine rings is 2. The van der Waals surface area contributed by atoms with Crippen LogP contribution in [0.2, 0.25) is 0 Å². The van der Waals surface area contributed by atoms with E-state index in [1.165, 1.54) is 37.7 Å². The summed E-state index contributed by atoms with van der Waals surface area (Å²) in [6, 6.07) is 1.66. The minimum absolute atomic E-state index is 0.829. The molecule has 0 radical (unpaired) electrons. The zero-order valence-electron chi connectivity index (χ0n) is 7.34. The van der Waals surface area contributed by atoms with E-state index >= 15 is 0 Å². The van der Waals surface area contributed by atoms with E-state index in [0.717, 1.165) is 12.1 Å². The van der Waals surface area contributed by atoms with Gasteiger partial charge in [-0.1, -0.05) is 18.6 Å². The second-order valence-corrected chi connectivity index (χ2v) is 4.06. The molecule has 2 bridgehead atoms. The molecule has 0 aromatic carbocycles. The third kappa shape index (κ3) is 1.22. The van der Waals surface area contributed by atoms with Gasteiger partial charge in [0, 0.05) is 12.1 Å². The third-order valence-electron chi connectivity index (χ3n) is 3.28. The molecule has 0 amide bonds. The number of fused-ring (bicyclic) bond motifs is 2. The molecule has 2 fully saturated rings. The minimum Gasteiger partial charge on any atom is -0.300 e. The van der Waals surface area contributed by atoms with Crippen LogP contribution in [0.3, 0.4) is 0 Å². The highest BCUT2D eigenvalue weighted by atomic mass is 15.2. The molecule has 2 aliphatic rings. The van der Waals surface area contributed by atoms with Crippen LogP contribution >= 0.6 is 0 Å². The van der Waals surface area contributed by atoms with Crippen LogP contribution in [0.4, 0.5) is 0 Å². The lowest BCUT2D eigenvalue weighted by Crippen LogP contribution is -2.47. The Hall–Kier alpha value is -0.300. The van der Waals surface area contributed by atoms with E-state index in [0.29, 0.717) is 0 Å². The molecule has 11 heavy (non-hydrogen) atoms. The molecule has 1 nitrogen and oxygen atoms in total. The fourth-order valence-electron chi connectivity index (χ4n) is 2.54. The largest absolute Gasteiger partial charge is 0.300 e. The Morgan fingerprint density at radius 1 is 1.27 bits per heavy atom. The fraction of sp³-hybridized carbons (Fsp3) is 0.800. The maximum Gasteiger partial charge on any atom is 0.0132 e. The maximum absolute atomic E-state index is 4.10. The van der Waals surface area contributed by atoms with Crippen molar-refractivity contribution in [2.24, 2.45) is 0 Å². The number of rotatable bonds is 0. The number of hydrogen-bond donors (Lipinski definition) is 0. The van der Waals surface area contributed by atoms with E-state index in [4.69, 9.17) is 0 Å². The van der Waals surface area contributed by atoms with Gasteiger partial charge in [-0.05, 0) is 32.7 Å². The molecular formula is C10H17N. The Bertz CT molecular complexity index is 158. The van der Waals surface area contributed by atoms with Crippen molar-refractivity contribution in [1.29, 1.82) is 0 Å². The fourth-order valence-corrected chi connectivity index (χ4v) is 2.54. The molecule has 2 rings (SSSR count). The van der Waals surface area contributed by atoms with Crippen LogP contribution in [-0.2, 0) is 0 Å². The molecule has 0 spiro atoms. The van der Waals surface area contributed by atoms with Crippen LogP contribution in [0.15, 0.2) is 12.2 Å². The molecule has 0 aliphatic carbocycles. The smallest absolute Gasteiger partial charge is 0.0132 e. The minimum atomic E-state index is 0.829. The van der Waals surface area contributed by atoms with Gasteiger partial charge in [-0.2, -0.15) is 0 Å². The van der Waals surface area contributed by atoms with E-state index in [2.05, 4.69) is 18.5 Å². The van der Waals surface area contributed by atoms with Crippen molar-refractivity contribution < 1.29 is 0 Å². The van der Waals surface area contributed by atoms with Crippen molar-refractivity contribution >= 4 is 0 Å². The van der Waals surface area contributed by atoms with Gasteiger partial charge in [-0.15, -0.1) is 0 Å². The maximum atomic E-state index is 4.10. The van der Waals surface area contributed by atoms with Crippen molar-refractivity contribution in [3.8, 4) is 0 Å². The first-order chi connectivity index (χ1) is 5.27. The van der Waals surface area contributed by atoms with E-state index in [1.807, 2.05) is 0 Å². The first kappa shape index (κ1) is 7.35. The first-order valence-corrected chi connectivity index (χ1v) is 4.66. The molecule has 2 atom stereocenters. The zero-order valence-corrected chi connectivity index (χ0v) is 7.34. The summed E-state index contributed by atoms with van der Waals surface area (Å²) < 4.78 is 0. The molecule has 2 heterocycles. The highest BCUT2D eigenvalue weighted by Gasteiger charge is 2.32. The van der Waals surface area contributed by atoms with Crippen molar-refractivity contribution in [2.75, 3.05) is 7.05 Å². The van der Waals surface area contributed by atoms with Crippen LogP contribution in [0.1, 0.15) is 32.1 Å². The van der Waals surface area contributed by atoms with Crippen LogP contribution in [0.25, 0.3) is 0 Å². The van der Waals surface area contributed by atoms with Crippen LogP contribution in [0.5, 0.6) is 0 Å². The molecule has 0 aromatic rings. The lowest BCUT2D eigenvalue weighted by molar-refractivity contribution is 0.0910. The number of nitrogens with zero attached hydrogens (tertiary/aromatic N) is 1. The van der Waals surface area contributed by atoms with Gasteiger partial charge in [0.2, 0.25) is 0 Å². The van der Waals surface area contributed by atoms with Crippen molar-refractivity contribution in [2.45, 2.75) is 44.2 Å². The summed E-state index contributed by atoms with van der Waals surface area (Å²) in [7, 11) is 2.28. The zero-order chi connectivity index (χ0) is 7.84. The predicted octanol–water partition coefficient (Wildman–Crippen LogP) is 2.19. The highest BCUT2D eigenvalue weighted by molar-refractivity contribution is 5.07. The Morgan fingerprint density at radius 3 is 2.36 bits per heavy atom. The highest BCUT2D eigenvalue weighted by Crippen LogP contribution is 2.34. The average Bonchev–Trinajstić information content (AvgIpc) is 1.92. The standard InChI is InChI=1S/C10H17N/c1-8-6-9-4-3-5-10(7-8)11(9)2/h9-10H,1,3-7H2,2H3. The topological polar surface area (TPSA) is 3.24 Å². The quantitative estimate of drug-likeness (QED) is 0.480. The van der Waals surface area contributed by atoms with Crippen LogP contribution < -0.4 is 0 Å². The van der Waals surface area contributed by atoms with Crippen molar-refractivity contribution in [3.63, 3.8) is 0 Å². The van der Waals surface area contributed by atoms with E-state index < -0.39 is 0 Å². The molecule has 0 aromatic heterocycles. The summed E-state index contributed by atoms with van der Waals surface area (Å²) in [5, 5.41) is 0. The van der Waals surface area contributed by atoms with Crippen molar-refractivity contribution in [3.05, 3.63) is 12.2 Å². The van der Waals surface area contributed by atoms with Gasteiger partial charge in [0.25, 0.3) is 0 Å². The Kier molecular flexibility index (Phi) is 1.76. The van der Waals surface area contributed by atoms with E-state index in [1.54, 1.807) is 0 Å². The Labute approximate surface area is 69.1 Å². The second kappa shape index (κ2) is 2.63. The number of hydrogen-bond acceptors (Lipinski definition) is 1. The summed E-state index contributed by atoms with van der Waals surface area (Å²) >= 11 is 0. The monoisotopic (exact) mass is 151 g/mol. The molecule has 2 aliphatic heterocycles. The van der Waals surface area contributed by atoms with E-state index in [9.17, 15) is 0 Å². The summed E-state index contributed by atoms with van der Waals surface area (Å²) in [6.07, 6.45) is 6.74. The normalized spacial score (nSPS) is 39.2. The van der Waals surface area contributed by atoms with Crippen LogP contribution in [0, 0.1) is 0 Å². The van der Waals surface area contributed by atoms with Crippen LogP contribution in [-0.4, -0.2) is 24.0 Å². The van der Waals surface area contributed by atoms with Gasteiger partial charge in [-0.3, -0.25) is 4.90 Å². The van der Waals surface area contributed by atoms with Gasteiger partial charge in [0.05, 0.1) is 0 Å². The van der Waals surface area contributed by atoms with Crippen molar-refractivity contribution in [1.82, 2.24) is 4.90 Å². The van der Waals surface area contributed by atoms with Gasteiger partial charge in [0.15, 0.2) is 0 Å². The summed E-state index contributed by atoms with van der Waals surface area (Å²) in [4.78, 5) is 2.57. The first-order valence-electron chi connectivity index (χ1n) is 4.66. The van der Waals surface area contributed by atoms with E-state index in [-0.39, 0.29) is 0 Å².